The van der Waals surface area contributed by atoms with Gasteiger partial charge in [-0.2, -0.15) is 4.39 Å². The minimum Gasteiger partial charge on any atom is -0.429 e. The lowest BCUT2D eigenvalue weighted by Gasteiger charge is -2.18. The van der Waals surface area contributed by atoms with E-state index in [2.05, 4.69) is 4.74 Å². The number of hydrogen-bond acceptors (Lipinski definition) is 2. The molecule has 0 saturated heterocycles. The van der Waals surface area contributed by atoms with Gasteiger partial charge in [0.25, 0.3) is 5.85 Å². The third kappa shape index (κ3) is 2.17. The Kier molecular flexibility index (Phi) is 2.47. The molecule has 0 aliphatic heterocycles. The molecule has 0 aromatic heterocycles. The zero-order valence-corrected chi connectivity index (χ0v) is 6.73. The predicted molar refractivity (Wildman–Crippen MR) is 38.7 cm³/mol. The van der Waals surface area contributed by atoms with Crippen molar-refractivity contribution in [2.24, 2.45) is 0 Å². The van der Waals surface area contributed by atoms with Crippen molar-refractivity contribution in [3.05, 3.63) is 0 Å². The minimum atomic E-state index is -1.63. The average Bonchev–Trinajstić information content (AvgIpc) is 2.36. The van der Waals surface area contributed by atoms with Crippen molar-refractivity contribution in [2.45, 2.75) is 44.9 Å². The first-order valence-electron chi connectivity index (χ1n) is 4.07. The van der Waals surface area contributed by atoms with Gasteiger partial charge in [-0.25, -0.2) is 0 Å². The molecule has 0 unspecified atom stereocenters. The lowest BCUT2D eigenvalue weighted by atomic mass is 10.2. The van der Waals surface area contributed by atoms with Gasteiger partial charge in [0.2, 0.25) is 0 Å². The van der Waals surface area contributed by atoms with E-state index in [9.17, 15) is 9.18 Å². The van der Waals surface area contributed by atoms with Crippen LogP contribution in [0.5, 0.6) is 0 Å². The molecule has 0 heterocycles. The van der Waals surface area contributed by atoms with Crippen LogP contribution in [0.2, 0.25) is 0 Å². The van der Waals surface area contributed by atoms with Crippen molar-refractivity contribution in [1.29, 1.82) is 0 Å². The predicted octanol–water partition coefficient (Wildman–Crippen LogP) is 2.18. The molecule has 0 spiro atoms. The van der Waals surface area contributed by atoms with Crippen molar-refractivity contribution in [1.82, 2.24) is 0 Å². The highest BCUT2D eigenvalue weighted by atomic mass is 19.2. The molecule has 1 aliphatic rings. The molecular weight excluding hydrogens is 147 g/mol. The molecule has 1 fully saturated rings. The van der Waals surface area contributed by atoms with Crippen LogP contribution in [0, 0.1) is 0 Å². The smallest absolute Gasteiger partial charge is 0.308 e. The van der Waals surface area contributed by atoms with Crippen LogP contribution in [-0.4, -0.2) is 11.8 Å². The molecule has 0 N–H and O–H groups in total. The van der Waals surface area contributed by atoms with Crippen LogP contribution in [-0.2, 0) is 9.53 Å². The van der Waals surface area contributed by atoms with E-state index in [0.717, 1.165) is 12.8 Å². The molecule has 2 nitrogen and oxygen atoms in total. The number of ether oxygens (including phenoxy) is 1. The molecule has 0 amide bonds. The maximum Gasteiger partial charge on any atom is 0.308 e. The van der Waals surface area contributed by atoms with Crippen molar-refractivity contribution < 1.29 is 13.9 Å². The van der Waals surface area contributed by atoms with Crippen LogP contribution in [0.3, 0.4) is 0 Å². The summed E-state index contributed by atoms with van der Waals surface area (Å²) in [6.07, 6.45) is 2.66. The molecule has 0 radical (unpaired) electrons. The van der Waals surface area contributed by atoms with Gasteiger partial charge in [0.1, 0.15) is 0 Å². The molecule has 1 rings (SSSR count). The first-order valence-corrected chi connectivity index (χ1v) is 4.07. The van der Waals surface area contributed by atoms with E-state index in [1.54, 1.807) is 6.92 Å². The van der Waals surface area contributed by atoms with E-state index < -0.39 is 11.8 Å². The normalized spacial score (nSPS) is 21.6. The second-order valence-corrected chi connectivity index (χ2v) is 2.92. The van der Waals surface area contributed by atoms with Gasteiger partial charge in [-0.1, -0.05) is 6.92 Å². The van der Waals surface area contributed by atoms with Crippen molar-refractivity contribution in [3.63, 3.8) is 0 Å². The molecule has 3 heteroatoms. The summed E-state index contributed by atoms with van der Waals surface area (Å²) in [5.74, 6) is -2.07. The lowest BCUT2D eigenvalue weighted by molar-refractivity contribution is -0.180. The van der Waals surface area contributed by atoms with Gasteiger partial charge in [-0.3, -0.25) is 4.79 Å². The first kappa shape index (κ1) is 8.50. The monoisotopic (exact) mass is 160 g/mol. The highest BCUT2D eigenvalue weighted by Crippen LogP contribution is 2.34. The zero-order chi connectivity index (χ0) is 8.32. The van der Waals surface area contributed by atoms with E-state index in [1.165, 1.54) is 0 Å². The summed E-state index contributed by atoms with van der Waals surface area (Å²) in [7, 11) is 0. The largest absolute Gasteiger partial charge is 0.429 e. The minimum absolute atomic E-state index is 0.256. The molecule has 0 atom stereocenters. The Labute approximate surface area is 65.7 Å². The fourth-order valence-electron chi connectivity index (χ4n) is 1.28. The Balaban J connectivity index is 2.39. The highest BCUT2D eigenvalue weighted by molar-refractivity contribution is 5.69. The number of esters is 1. The summed E-state index contributed by atoms with van der Waals surface area (Å²) in [5.41, 5.74) is 0. The molecule has 1 aliphatic carbocycles. The Morgan fingerprint density at radius 1 is 1.55 bits per heavy atom. The zero-order valence-electron chi connectivity index (χ0n) is 6.73. The van der Waals surface area contributed by atoms with Crippen molar-refractivity contribution >= 4 is 5.97 Å². The maximum absolute atomic E-state index is 13.3. The molecular formula is C8H13FO2. The number of rotatable bonds is 2. The van der Waals surface area contributed by atoms with E-state index in [1.807, 2.05) is 0 Å². The fourth-order valence-corrected chi connectivity index (χ4v) is 1.28. The number of halogens is 1. The third-order valence-electron chi connectivity index (χ3n) is 1.94. The number of alkyl halides is 1. The highest BCUT2D eigenvalue weighted by Gasteiger charge is 2.36. The molecule has 0 aromatic rings. The third-order valence-corrected chi connectivity index (χ3v) is 1.94. The summed E-state index contributed by atoms with van der Waals surface area (Å²) in [5, 5.41) is 0. The molecule has 1 saturated carbocycles. The quantitative estimate of drug-likeness (QED) is 0.579. The van der Waals surface area contributed by atoms with Crippen molar-refractivity contribution in [3.8, 4) is 0 Å². The summed E-state index contributed by atoms with van der Waals surface area (Å²) in [4.78, 5) is 10.7. The van der Waals surface area contributed by atoms with Gasteiger partial charge < -0.3 is 4.74 Å². The van der Waals surface area contributed by atoms with E-state index in [0.29, 0.717) is 12.8 Å². The Morgan fingerprint density at radius 2 is 2.09 bits per heavy atom. The summed E-state index contributed by atoms with van der Waals surface area (Å²) in [6, 6.07) is 0. The summed E-state index contributed by atoms with van der Waals surface area (Å²) < 4.78 is 17.9. The summed E-state index contributed by atoms with van der Waals surface area (Å²) >= 11 is 0. The Hall–Kier alpha value is -0.600. The number of hydrogen-bond donors (Lipinski definition) is 0. The molecule has 11 heavy (non-hydrogen) atoms. The van der Waals surface area contributed by atoms with E-state index in [-0.39, 0.29) is 6.42 Å². The molecule has 0 bridgehead atoms. The number of carbonyl (C=O) groups is 1. The van der Waals surface area contributed by atoms with Gasteiger partial charge in [0.15, 0.2) is 0 Å². The number of carbonyl (C=O) groups excluding carboxylic acids is 1. The van der Waals surface area contributed by atoms with Gasteiger partial charge in [0, 0.05) is 19.3 Å². The second kappa shape index (κ2) is 3.20. The van der Waals surface area contributed by atoms with E-state index >= 15 is 0 Å². The van der Waals surface area contributed by atoms with Gasteiger partial charge >= 0.3 is 5.97 Å². The van der Waals surface area contributed by atoms with E-state index in [4.69, 9.17) is 0 Å². The molecule has 64 valence electrons. The van der Waals surface area contributed by atoms with Crippen molar-refractivity contribution in [2.75, 3.05) is 0 Å². The van der Waals surface area contributed by atoms with Crippen LogP contribution in [0.4, 0.5) is 4.39 Å². The fraction of sp³-hybridized carbons (Fsp3) is 0.875. The maximum atomic E-state index is 13.3. The van der Waals surface area contributed by atoms with Crippen LogP contribution >= 0.6 is 0 Å². The topological polar surface area (TPSA) is 26.3 Å². The van der Waals surface area contributed by atoms with Crippen LogP contribution < -0.4 is 0 Å². The molecule has 0 aromatic carbocycles. The average molecular weight is 160 g/mol. The standard InChI is InChI=1S/C8H13FO2/c1-2-7(10)11-8(9)5-3-4-6-8/h2-6H2,1H3. The Morgan fingerprint density at radius 3 is 2.55 bits per heavy atom. The lowest BCUT2D eigenvalue weighted by Crippen LogP contribution is -2.25. The van der Waals surface area contributed by atoms with Gasteiger partial charge in [0.05, 0.1) is 0 Å². The summed E-state index contributed by atoms with van der Waals surface area (Å²) in [6.45, 7) is 1.67. The van der Waals surface area contributed by atoms with Crippen LogP contribution in [0.25, 0.3) is 0 Å². The van der Waals surface area contributed by atoms with Gasteiger partial charge in [-0.05, 0) is 12.8 Å². The van der Waals surface area contributed by atoms with Crippen LogP contribution in [0.15, 0.2) is 0 Å². The SMILES string of the molecule is CCC(=O)OC1(F)CCCC1. The first-order chi connectivity index (χ1) is 5.16. The van der Waals surface area contributed by atoms with Crippen LogP contribution in [0.1, 0.15) is 39.0 Å². The Bertz CT molecular complexity index is 150. The second-order valence-electron chi connectivity index (χ2n) is 2.92. The van der Waals surface area contributed by atoms with Gasteiger partial charge in [-0.15, -0.1) is 0 Å².